The summed E-state index contributed by atoms with van der Waals surface area (Å²) in [5, 5.41) is 4.26. The first-order valence-corrected chi connectivity index (χ1v) is 5.95. The lowest BCUT2D eigenvalue weighted by Gasteiger charge is -2.05. The zero-order valence-electron chi connectivity index (χ0n) is 9.38. The van der Waals surface area contributed by atoms with Crippen LogP contribution in [0.3, 0.4) is 0 Å². The monoisotopic (exact) mass is 223 g/mol. The molecule has 0 amide bonds. The Balaban J connectivity index is 0.000000531. The number of thiol groups is 1. The summed E-state index contributed by atoms with van der Waals surface area (Å²) in [6, 6.07) is 3.88. The van der Waals surface area contributed by atoms with Gasteiger partial charge in [-0.3, -0.25) is 0 Å². The van der Waals surface area contributed by atoms with Crippen molar-refractivity contribution in [3.63, 3.8) is 0 Å². The van der Waals surface area contributed by atoms with E-state index in [9.17, 15) is 0 Å². The summed E-state index contributed by atoms with van der Waals surface area (Å²) in [6.45, 7) is 4.37. The number of rotatable bonds is 2. The standard InChI is InChI=1S/C10H13N3.CH4S/c1-3-8(2)9-7-11-10-5-4-6-12-13(9)10;1-2/h4-8H,3H2,1-2H3;2H,1H3. The van der Waals surface area contributed by atoms with Crippen LogP contribution in [0.15, 0.2) is 24.5 Å². The van der Waals surface area contributed by atoms with Crippen molar-refractivity contribution in [2.45, 2.75) is 26.2 Å². The molecule has 2 rings (SSSR count). The molecule has 2 aromatic rings. The van der Waals surface area contributed by atoms with Crippen molar-refractivity contribution >= 4 is 18.3 Å². The van der Waals surface area contributed by atoms with E-state index in [1.807, 2.05) is 22.8 Å². The van der Waals surface area contributed by atoms with E-state index in [4.69, 9.17) is 0 Å². The topological polar surface area (TPSA) is 30.2 Å². The molecule has 4 heteroatoms. The lowest BCUT2D eigenvalue weighted by molar-refractivity contribution is 0.677. The highest BCUT2D eigenvalue weighted by atomic mass is 32.1. The van der Waals surface area contributed by atoms with Crippen molar-refractivity contribution in [3.05, 3.63) is 30.2 Å². The molecule has 82 valence electrons. The predicted octanol–water partition coefficient (Wildman–Crippen LogP) is 2.79. The quantitative estimate of drug-likeness (QED) is 0.793. The molecule has 0 N–H and O–H groups in total. The molecule has 0 saturated carbocycles. The molecular weight excluding hydrogens is 206 g/mol. The van der Waals surface area contributed by atoms with Gasteiger partial charge in [-0.05, 0) is 30.7 Å². The Morgan fingerprint density at radius 2 is 2.20 bits per heavy atom. The first-order valence-electron chi connectivity index (χ1n) is 5.06. The van der Waals surface area contributed by atoms with Gasteiger partial charge in [-0.2, -0.15) is 17.7 Å². The molecule has 0 aliphatic heterocycles. The van der Waals surface area contributed by atoms with E-state index in [-0.39, 0.29) is 0 Å². The molecule has 2 aromatic heterocycles. The van der Waals surface area contributed by atoms with Crippen LogP contribution in [-0.2, 0) is 0 Å². The maximum Gasteiger partial charge on any atom is 0.153 e. The minimum Gasteiger partial charge on any atom is -0.235 e. The summed E-state index contributed by atoms with van der Waals surface area (Å²) >= 11 is 3.53. The van der Waals surface area contributed by atoms with E-state index in [2.05, 4.69) is 36.6 Å². The first-order chi connectivity index (χ1) is 7.33. The second-order valence-electron chi connectivity index (χ2n) is 3.29. The highest BCUT2D eigenvalue weighted by Crippen LogP contribution is 2.18. The van der Waals surface area contributed by atoms with Gasteiger partial charge in [-0.15, -0.1) is 0 Å². The number of hydrogen-bond donors (Lipinski definition) is 1. The Labute approximate surface area is 95.9 Å². The maximum absolute atomic E-state index is 4.29. The average molecular weight is 223 g/mol. The summed E-state index contributed by atoms with van der Waals surface area (Å²) in [5.74, 6) is 0.518. The van der Waals surface area contributed by atoms with Crippen LogP contribution in [0, 0.1) is 0 Å². The molecule has 2 heterocycles. The SMILES string of the molecule is CCC(C)c1cnc2cccnn12.CS. The van der Waals surface area contributed by atoms with E-state index < -0.39 is 0 Å². The third kappa shape index (κ3) is 2.50. The van der Waals surface area contributed by atoms with Crippen molar-refractivity contribution in [1.29, 1.82) is 0 Å². The average Bonchev–Trinajstić information content (AvgIpc) is 2.74. The van der Waals surface area contributed by atoms with Crippen molar-refractivity contribution in [2.24, 2.45) is 0 Å². The zero-order chi connectivity index (χ0) is 11.3. The highest BCUT2D eigenvalue weighted by molar-refractivity contribution is 7.79. The fraction of sp³-hybridized carbons (Fsp3) is 0.455. The van der Waals surface area contributed by atoms with Gasteiger partial charge in [-0.1, -0.05) is 13.8 Å². The Morgan fingerprint density at radius 3 is 2.87 bits per heavy atom. The van der Waals surface area contributed by atoms with Gasteiger partial charge in [0, 0.05) is 6.20 Å². The molecule has 1 unspecified atom stereocenters. The summed E-state index contributed by atoms with van der Waals surface area (Å²) in [6.07, 6.45) is 6.52. The minimum absolute atomic E-state index is 0.518. The Hall–Kier alpha value is -1.03. The van der Waals surface area contributed by atoms with Crippen molar-refractivity contribution in [3.8, 4) is 0 Å². The van der Waals surface area contributed by atoms with E-state index in [1.54, 1.807) is 12.5 Å². The molecule has 0 bridgehead atoms. The van der Waals surface area contributed by atoms with Gasteiger partial charge in [0.1, 0.15) is 0 Å². The van der Waals surface area contributed by atoms with Crippen LogP contribution < -0.4 is 0 Å². The predicted molar refractivity (Wildman–Crippen MR) is 66.6 cm³/mol. The third-order valence-corrected chi connectivity index (χ3v) is 2.42. The molecule has 0 aliphatic carbocycles. The number of hydrogen-bond acceptors (Lipinski definition) is 3. The lowest BCUT2D eigenvalue weighted by atomic mass is 10.1. The second kappa shape index (κ2) is 5.75. The van der Waals surface area contributed by atoms with Gasteiger partial charge in [-0.25, -0.2) is 9.50 Å². The highest BCUT2D eigenvalue weighted by Gasteiger charge is 2.09. The van der Waals surface area contributed by atoms with Crippen LogP contribution in [0.25, 0.3) is 5.65 Å². The number of nitrogens with zero attached hydrogens (tertiary/aromatic N) is 3. The fourth-order valence-electron chi connectivity index (χ4n) is 1.39. The molecule has 0 fully saturated rings. The van der Waals surface area contributed by atoms with Crippen LogP contribution in [0.1, 0.15) is 31.9 Å². The largest absolute Gasteiger partial charge is 0.235 e. The number of imidazole rings is 1. The second-order valence-corrected chi connectivity index (χ2v) is 3.29. The molecule has 0 spiro atoms. The smallest absolute Gasteiger partial charge is 0.153 e. The third-order valence-electron chi connectivity index (χ3n) is 2.42. The normalized spacial score (nSPS) is 12.0. The molecule has 1 atom stereocenters. The molecule has 3 nitrogen and oxygen atoms in total. The Kier molecular flexibility index (Phi) is 4.62. The lowest BCUT2D eigenvalue weighted by Crippen LogP contribution is -1.99. The summed E-state index contributed by atoms with van der Waals surface area (Å²) in [7, 11) is 0. The summed E-state index contributed by atoms with van der Waals surface area (Å²) < 4.78 is 1.91. The van der Waals surface area contributed by atoms with Crippen molar-refractivity contribution < 1.29 is 0 Å². The van der Waals surface area contributed by atoms with Crippen LogP contribution in [0.2, 0.25) is 0 Å². The molecule has 15 heavy (non-hydrogen) atoms. The number of fused-ring (bicyclic) bond motifs is 1. The summed E-state index contributed by atoms with van der Waals surface area (Å²) in [4.78, 5) is 4.29. The molecular formula is C11H17N3S. The van der Waals surface area contributed by atoms with Crippen LogP contribution >= 0.6 is 12.6 Å². The van der Waals surface area contributed by atoms with Gasteiger partial charge >= 0.3 is 0 Å². The van der Waals surface area contributed by atoms with Crippen LogP contribution in [-0.4, -0.2) is 20.9 Å². The van der Waals surface area contributed by atoms with Crippen LogP contribution in [0.4, 0.5) is 0 Å². The summed E-state index contributed by atoms with van der Waals surface area (Å²) in [5.41, 5.74) is 2.12. The van der Waals surface area contributed by atoms with Crippen molar-refractivity contribution in [2.75, 3.05) is 6.26 Å². The Bertz CT molecular complexity index is 411. The molecule has 0 saturated heterocycles. The zero-order valence-corrected chi connectivity index (χ0v) is 10.3. The van der Waals surface area contributed by atoms with Gasteiger partial charge in [0.05, 0.1) is 11.9 Å². The molecule has 0 radical (unpaired) electrons. The fourth-order valence-corrected chi connectivity index (χ4v) is 1.39. The molecule has 0 aliphatic rings. The number of aromatic nitrogens is 3. The van der Waals surface area contributed by atoms with Crippen molar-refractivity contribution in [1.82, 2.24) is 14.6 Å². The van der Waals surface area contributed by atoms with Crippen LogP contribution in [0.5, 0.6) is 0 Å². The first kappa shape index (κ1) is 12.0. The molecule has 0 aromatic carbocycles. The van der Waals surface area contributed by atoms with Gasteiger partial charge in [0.25, 0.3) is 0 Å². The minimum atomic E-state index is 0.518. The maximum atomic E-state index is 4.29. The Morgan fingerprint density at radius 1 is 1.47 bits per heavy atom. The van der Waals surface area contributed by atoms with Gasteiger partial charge in [0.2, 0.25) is 0 Å². The van der Waals surface area contributed by atoms with Gasteiger partial charge in [0.15, 0.2) is 5.65 Å². The van der Waals surface area contributed by atoms with E-state index in [0.29, 0.717) is 5.92 Å². The van der Waals surface area contributed by atoms with E-state index in [1.165, 1.54) is 5.69 Å². The van der Waals surface area contributed by atoms with E-state index >= 15 is 0 Å². The van der Waals surface area contributed by atoms with Gasteiger partial charge < -0.3 is 0 Å². The van der Waals surface area contributed by atoms with E-state index in [0.717, 1.165) is 12.1 Å².